The number of benzene rings is 2. The summed E-state index contributed by atoms with van der Waals surface area (Å²) >= 11 is 11.3. The van der Waals surface area contributed by atoms with Gasteiger partial charge in [0.1, 0.15) is 11.3 Å². The zero-order chi connectivity index (χ0) is 21.8. The second kappa shape index (κ2) is 9.28. The van der Waals surface area contributed by atoms with Gasteiger partial charge >= 0.3 is 0 Å². The summed E-state index contributed by atoms with van der Waals surface area (Å²) in [6.07, 6.45) is 1.52. The maximum Gasteiger partial charge on any atom is 0.270 e. The topological polar surface area (TPSA) is 61.9 Å². The van der Waals surface area contributed by atoms with Crippen molar-refractivity contribution in [3.05, 3.63) is 58.6 Å². The van der Waals surface area contributed by atoms with Crippen molar-refractivity contribution in [1.29, 1.82) is 0 Å². The molecule has 2 aromatic rings. The van der Waals surface area contributed by atoms with Gasteiger partial charge in [-0.3, -0.25) is 19.8 Å². The Kier molecular flexibility index (Phi) is 6.74. The van der Waals surface area contributed by atoms with Crippen molar-refractivity contribution in [1.82, 2.24) is 5.32 Å². The van der Waals surface area contributed by atoms with Crippen molar-refractivity contribution in [2.24, 2.45) is 0 Å². The molecule has 2 amide bonds. The van der Waals surface area contributed by atoms with Crippen LogP contribution in [-0.4, -0.2) is 37.1 Å². The molecule has 0 aromatic heterocycles. The van der Waals surface area contributed by atoms with E-state index in [0.717, 1.165) is 18.8 Å². The molecule has 1 fully saturated rings. The first-order valence-electron chi connectivity index (χ1n) is 9.49. The lowest BCUT2D eigenvalue weighted by molar-refractivity contribution is -0.122. The van der Waals surface area contributed by atoms with Crippen LogP contribution in [0.3, 0.4) is 0 Å². The van der Waals surface area contributed by atoms with E-state index in [0.29, 0.717) is 22.0 Å². The molecule has 1 aliphatic rings. The van der Waals surface area contributed by atoms with E-state index in [1.807, 2.05) is 18.2 Å². The fourth-order valence-corrected chi connectivity index (χ4v) is 3.73. The smallest absolute Gasteiger partial charge is 0.270 e. The molecule has 1 saturated heterocycles. The molecule has 30 heavy (non-hydrogen) atoms. The van der Waals surface area contributed by atoms with E-state index >= 15 is 0 Å². The third kappa shape index (κ3) is 4.32. The number of nitrogens with one attached hydrogen (secondary N) is 1. The number of amides is 2. The first kappa shape index (κ1) is 21.8. The Labute approximate surface area is 186 Å². The van der Waals surface area contributed by atoms with Crippen LogP contribution in [0, 0.1) is 0 Å². The van der Waals surface area contributed by atoms with Crippen molar-refractivity contribution in [2.75, 3.05) is 30.0 Å². The lowest BCUT2D eigenvalue weighted by atomic mass is 10.1. The molecule has 1 heterocycles. The van der Waals surface area contributed by atoms with Gasteiger partial charge in [-0.25, -0.2) is 0 Å². The van der Waals surface area contributed by atoms with Crippen molar-refractivity contribution < 1.29 is 14.3 Å². The second-order valence-electron chi connectivity index (χ2n) is 6.54. The van der Waals surface area contributed by atoms with Gasteiger partial charge in [0.2, 0.25) is 0 Å². The quantitative estimate of drug-likeness (QED) is 0.415. The Balaban J connectivity index is 2.02. The monoisotopic (exact) mass is 443 g/mol. The summed E-state index contributed by atoms with van der Waals surface area (Å²) in [7, 11) is 1.56. The lowest BCUT2D eigenvalue weighted by Gasteiger charge is -2.29. The average Bonchev–Trinajstić information content (AvgIpc) is 2.72. The fraction of sp³-hybridized carbons (Fsp3) is 0.227. The minimum Gasteiger partial charge on any atom is -0.496 e. The third-order valence-corrected chi connectivity index (χ3v) is 5.33. The summed E-state index contributed by atoms with van der Waals surface area (Å²) in [4.78, 5) is 29.1. The number of carbonyl (C=O) groups excluding carboxylic acids is 2. The standard InChI is InChI=1S/C22H22ClN3O3S/c1-4-25(5-2)16-10-9-14(19(13-16)29-3)11-18-20(27)24-22(30)26(21(18)28)17-8-6-7-15(23)12-17/h6-13H,4-5H2,1-3H3,(H,24,27,30)/b18-11+. The molecule has 0 saturated carbocycles. The maximum absolute atomic E-state index is 13.1. The number of hydrogen-bond donors (Lipinski definition) is 1. The van der Waals surface area contributed by atoms with E-state index in [1.165, 1.54) is 11.0 Å². The van der Waals surface area contributed by atoms with Crippen molar-refractivity contribution in [2.45, 2.75) is 13.8 Å². The fourth-order valence-electron chi connectivity index (χ4n) is 3.27. The van der Waals surface area contributed by atoms with Gasteiger partial charge in [0, 0.05) is 35.4 Å². The molecule has 1 aliphatic heterocycles. The number of anilines is 2. The highest BCUT2D eigenvalue weighted by atomic mass is 35.5. The number of rotatable bonds is 6. The molecule has 0 unspecified atom stereocenters. The van der Waals surface area contributed by atoms with Gasteiger partial charge in [0.05, 0.1) is 12.8 Å². The molecule has 3 rings (SSSR count). The summed E-state index contributed by atoms with van der Waals surface area (Å²) in [5.74, 6) is -0.519. The first-order valence-corrected chi connectivity index (χ1v) is 10.3. The number of hydrogen-bond acceptors (Lipinski definition) is 5. The van der Waals surface area contributed by atoms with Crippen LogP contribution < -0.4 is 19.9 Å². The van der Waals surface area contributed by atoms with E-state index in [-0.39, 0.29) is 10.7 Å². The maximum atomic E-state index is 13.1. The molecule has 2 aromatic carbocycles. The summed E-state index contributed by atoms with van der Waals surface area (Å²) in [5.41, 5.74) is 2.05. The van der Waals surface area contributed by atoms with Gasteiger partial charge in [0.15, 0.2) is 5.11 Å². The number of methoxy groups -OCH3 is 1. The van der Waals surface area contributed by atoms with Crippen LogP contribution in [0.4, 0.5) is 11.4 Å². The van der Waals surface area contributed by atoms with E-state index in [4.69, 9.17) is 28.6 Å². The molecular weight excluding hydrogens is 422 g/mol. The van der Waals surface area contributed by atoms with E-state index in [1.54, 1.807) is 31.4 Å². The largest absolute Gasteiger partial charge is 0.496 e. The molecule has 0 radical (unpaired) electrons. The molecule has 0 atom stereocenters. The Hall–Kier alpha value is -2.90. The lowest BCUT2D eigenvalue weighted by Crippen LogP contribution is -2.54. The molecule has 0 aliphatic carbocycles. The minimum atomic E-state index is -0.557. The van der Waals surface area contributed by atoms with Crippen molar-refractivity contribution in [3.8, 4) is 5.75 Å². The number of nitrogens with zero attached hydrogens (tertiary/aromatic N) is 2. The Morgan fingerprint density at radius 1 is 1.17 bits per heavy atom. The molecule has 6 nitrogen and oxygen atoms in total. The van der Waals surface area contributed by atoms with E-state index in [9.17, 15) is 9.59 Å². The predicted octanol–water partition coefficient (Wildman–Crippen LogP) is 4.03. The Morgan fingerprint density at radius 3 is 2.53 bits per heavy atom. The number of ether oxygens (including phenoxy) is 1. The van der Waals surface area contributed by atoms with Crippen LogP contribution in [0.25, 0.3) is 6.08 Å². The second-order valence-corrected chi connectivity index (χ2v) is 7.36. The highest BCUT2D eigenvalue weighted by Gasteiger charge is 2.34. The van der Waals surface area contributed by atoms with Gasteiger partial charge in [-0.1, -0.05) is 17.7 Å². The SMILES string of the molecule is CCN(CC)c1ccc(/C=C2\C(=O)NC(=S)N(c3cccc(Cl)c3)C2=O)c(OC)c1. The Morgan fingerprint density at radius 2 is 1.90 bits per heavy atom. The minimum absolute atomic E-state index is 0.00765. The third-order valence-electron chi connectivity index (χ3n) is 4.81. The first-order chi connectivity index (χ1) is 14.4. The molecule has 8 heteroatoms. The zero-order valence-electron chi connectivity index (χ0n) is 16.9. The summed E-state index contributed by atoms with van der Waals surface area (Å²) in [5, 5.41) is 3.04. The molecule has 1 N–H and O–H groups in total. The van der Waals surface area contributed by atoms with Crippen LogP contribution in [0.15, 0.2) is 48.0 Å². The van der Waals surface area contributed by atoms with E-state index < -0.39 is 11.8 Å². The molecule has 156 valence electrons. The van der Waals surface area contributed by atoms with Crippen LogP contribution in [0.1, 0.15) is 19.4 Å². The van der Waals surface area contributed by atoms with Crippen LogP contribution in [0.2, 0.25) is 5.02 Å². The van der Waals surface area contributed by atoms with Crippen LogP contribution in [0.5, 0.6) is 5.75 Å². The van der Waals surface area contributed by atoms with Crippen molar-refractivity contribution in [3.63, 3.8) is 0 Å². The van der Waals surface area contributed by atoms with Gasteiger partial charge in [0.25, 0.3) is 11.8 Å². The number of carbonyl (C=O) groups is 2. The van der Waals surface area contributed by atoms with Gasteiger partial charge in [-0.2, -0.15) is 0 Å². The summed E-state index contributed by atoms with van der Waals surface area (Å²) < 4.78 is 5.51. The Bertz CT molecular complexity index is 1030. The molecule has 0 spiro atoms. The molecular formula is C22H22ClN3O3S. The highest BCUT2D eigenvalue weighted by Crippen LogP contribution is 2.29. The summed E-state index contributed by atoms with van der Waals surface area (Å²) in [6.45, 7) is 5.86. The van der Waals surface area contributed by atoms with Gasteiger partial charge in [-0.05, 0) is 62.5 Å². The van der Waals surface area contributed by atoms with E-state index in [2.05, 4.69) is 24.1 Å². The highest BCUT2D eigenvalue weighted by molar-refractivity contribution is 7.80. The average molecular weight is 444 g/mol. The number of thiocarbonyl (C=S) groups is 1. The normalized spacial score (nSPS) is 15.4. The summed E-state index contributed by atoms with van der Waals surface area (Å²) in [6, 6.07) is 12.4. The van der Waals surface area contributed by atoms with Crippen LogP contribution in [-0.2, 0) is 9.59 Å². The zero-order valence-corrected chi connectivity index (χ0v) is 18.5. The van der Waals surface area contributed by atoms with Gasteiger partial charge < -0.3 is 9.64 Å². The van der Waals surface area contributed by atoms with Crippen molar-refractivity contribution >= 4 is 58.2 Å². The number of halogens is 1. The van der Waals surface area contributed by atoms with Gasteiger partial charge in [-0.15, -0.1) is 0 Å². The predicted molar refractivity (Wildman–Crippen MR) is 124 cm³/mol. The molecule has 0 bridgehead atoms. The van der Waals surface area contributed by atoms with Crippen LogP contribution >= 0.6 is 23.8 Å².